The molecule has 28 heavy (non-hydrogen) atoms. The third kappa shape index (κ3) is 3.48. The molecule has 0 unspecified atom stereocenters. The molecule has 0 aliphatic carbocycles. The minimum Gasteiger partial charge on any atom is -0.288 e. The highest BCUT2D eigenvalue weighted by atomic mass is 16.2. The monoisotopic (exact) mass is 366 g/mol. The molecule has 0 spiro atoms. The lowest BCUT2D eigenvalue weighted by atomic mass is 10.1. The summed E-state index contributed by atoms with van der Waals surface area (Å²) in [5.41, 5.74) is 4.60. The van der Waals surface area contributed by atoms with Crippen LogP contribution in [0.3, 0.4) is 0 Å². The first-order valence-corrected chi connectivity index (χ1v) is 8.97. The number of hydrazine groups is 1. The number of anilines is 1. The number of imide groups is 1. The van der Waals surface area contributed by atoms with Gasteiger partial charge in [0.1, 0.15) is 0 Å². The van der Waals surface area contributed by atoms with Crippen molar-refractivity contribution in [3.8, 4) is 0 Å². The molecule has 0 heterocycles. The highest BCUT2D eigenvalue weighted by Gasteiger charge is 2.25. The summed E-state index contributed by atoms with van der Waals surface area (Å²) in [5.74, 6) is -0.829. The molecule has 4 aromatic rings. The number of hydrogen-bond donors (Lipinski definition) is 1. The van der Waals surface area contributed by atoms with Crippen LogP contribution < -0.4 is 5.43 Å². The Balaban J connectivity index is 1.76. The minimum atomic E-state index is -0.414. The van der Waals surface area contributed by atoms with Crippen molar-refractivity contribution in [2.24, 2.45) is 0 Å². The summed E-state index contributed by atoms with van der Waals surface area (Å²) in [6.07, 6.45) is 0. The van der Waals surface area contributed by atoms with Gasteiger partial charge in [-0.05, 0) is 35.7 Å². The standard InChI is InChI=1S/C24H18N2O2/c27-23(19-11-3-1-4-12-19)26(24(28)20-13-5-2-6-14-20)25-22-17-9-15-18-10-7-8-16-21(18)22/h1-17,25H. The number of benzene rings is 4. The van der Waals surface area contributed by atoms with Gasteiger partial charge in [0.05, 0.1) is 5.69 Å². The van der Waals surface area contributed by atoms with Crippen molar-refractivity contribution in [1.29, 1.82) is 0 Å². The van der Waals surface area contributed by atoms with E-state index in [1.807, 2.05) is 54.6 Å². The lowest BCUT2D eigenvalue weighted by molar-refractivity contribution is 0.0654. The van der Waals surface area contributed by atoms with Crippen molar-refractivity contribution < 1.29 is 9.59 Å². The zero-order valence-electron chi connectivity index (χ0n) is 15.1. The zero-order chi connectivity index (χ0) is 19.3. The first-order valence-electron chi connectivity index (χ1n) is 8.97. The maximum Gasteiger partial charge on any atom is 0.279 e. The molecule has 0 radical (unpaired) electrons. The van der Waals surface area contributed by atoms with Crippen molar-refractivity contribution in [2.45, 2.75) is 0 Å². The Morgan fingerprint density at radius 1 is 0.571 bits per heavy atom. The van der Waals surface area contributed by atoms with Crippen LogP contribution >= 0.6 is 0 Å². The van der Waals surface area contributed by atoms with E-state index < -0.39 is 11.8 Å². The summed E-state index contributed by atoms with van der Waals surface area (Å²) in [6, 6.07) is 31.1. The Labute approximate surface area is 163 Å². The maximum absolute atomic E-state index is 13.1. The number of fused-ring (bicyclic) bond motifs is 1. The smallest absolute Gasteiger partial charge is 0.279 e. The van der Waals surface area contributed by atoms with Crippen LogP contribution in [0.25, 0.3) is 10.8 Å². The highest BCUT2D eigenvalue weighted by molar-refractivity contribution is 6.11. The van der Waals surface area contributed by atoms with E-state index in [1.165, 1.54) is 0 Å². The van der Waals surface area contributed by atoms with E-state index >= 15 is 0 Å². The first-order chi connectivity index (χ1) is 13.7. The summed E-state index contributed by atoms with van der Waals surface area (Å²) in [5, 5.41) is 3.02. The molecule has 4 heteroatoms. The molecule has 0 bridgehead atoms. The molecular weight excluding hydrogens is 348 g/mol. The molecule has 4 nitrogen and oxygen atoms in total. The topological polar surface area (TPSA) is 49.4 Å². The Morgan fingerprint density at radius 2 is 1.07 bits per heavy atom. The molecule has 136 valence electrons. The van der Waals surface area contributed by atoms with E-state index in [9.17, 15) is 9.59 Å². The van der Waals surface area contributed by atoms with Crippen molar-refractivity contribution in [3.05, 3.63) is 114 Å². The Bertz CT molecular complexity index is 1070. The fourth-order valence-electron chi connectivity index (χ4n) is 3.06. The second-order valence-electron chi connectivity index (χ2n) is 6.32. The van der Waals surface area contributed by atoms with Gasteiger partial charge >= 0.3 is 0 Å². The largest absolute Gasteiger partial charge is 0.288 e. The average Bonchev–Trinajstić information content (AvgIpc) is 2.78. The number of nitrogens with one attached hydrogen (secondary N) is 1. The quantitative estimate of drug-likeness (QED) is 0.401. The first kappa shape index (κ1) is 17.5. The number of carbonyl (C=O) groups excluding carboxylic acids is 2. The van der Waals surface area contributed by atoms with E-state index in [4.69, 9.17) is 0 Å². The summed E-state index contributed by atoms with van der Waals surface area (Å²) < 4.78 is 0. The lowest BCUT2D eigenvalue weighted by Gasteiger charge is -2.23. The lowest BCUT2D eigenvalue weighted by Crippen LogP contribution is -2.41. The third-order valence-electron chi connectivity index (χ3n) is 4.47. The van der Waals surface area contributed by atoms with Crippen LogP contribution in [0.15, 0.2) is 103 Å². The van der Waals surface area contributed by atoms with Gasteiger partial charge in [0.25, 0.3) is 11.8 Å². The molecule has 1 N–H and O–H groups in total. The molecule has 0 saturated carbocycles. The predicted molar refractivity (Wildman–Crippen MR) is 111 cm³/mol. The molecule has 2 amide bonds. The van der Waals surface area contributed by atoms with Gasteiger partial charge in [-0.25, -0.2) is 0 Å². The molecular formula is C24H18N2O2. The fourth-order valence-corrected chi connectivity index (χ4v) is 3.06. The van der Waals surface area contributed by atoms with E-state index in [2.05, 4.69) is 5.43 Å². The average molecular weight is 366 g/mol. The molecule has 0 aromatic heterocycles. The molecule has 0 saturated heterocycles. The van der Waals surface area contributed by atoms with Crippen molar-refractivity contribution in [3.63, 3.8) is 0 Å². The van der Waals surface area contributed by atoms with E-state index in [-0.39, 0.29) is 0 Å². The summed E-state index contributed by atoms with van der Waals surface area (Å²) in [4.78, 5) is 26.3. The second-order valence-corrected chi connectivity index (χ2v) is 6.32. The van der Waals surface area contributed by atoms with Gasteiger partial charge in [0.15, 0.2) is 0 Å². The summed E-state index contributed by atoms with van der Waals surface area (Å²) in [7, 11) is 0. The molecule has 0 fully saturated rings. The predicted octanol–water partition coefficient (Wildman–Crippen LogP) is 5.15. The van der Waals surface area contributed by atoms with Gasteiger partial charge in [-0.2, -0.15) is 5.01 Å². The van der Waals surface area contributed by atoms with Crippen molar-refractivity contribution in [2.75, 3.05) is 5.43 Å². The van der Waals surface area contributed by atoms with Crippen LogP contribution in [0.2, 0.25) is 0 Å². The Morgan fingerprint density at radius 3 is 1.68 bits per heavy atom. The second kappa shape index (κ2) is 7.76. The van der Waals surface area contributed by atoms with E-state index in [1.54, 1.807) is 48.5 Å². The van der Waals surface area contributed by atoms with Gasteiger partial charge in [0, 0.05) is 16.5 Å². The van der Waals surface area contributed by atoms with Gasteiger partial charge < -0.3 is 0 Å². The molecule has 0 atom stereocenters. The van der Waals surface area contributed by atoms with E-state index in [0.717, 1.165) is 15.8 Å². The van der Waals surface area contributed by atoms with Crippen molar-refractivity contribution >= 4 is 28.3 Å². The van der Waals surface area contributed by atoms with Gasteiger partial charge in [0.2, 0.25) is 0 Å². The van der Waals surface area contributed by atoms with E-state index in [0.29, 0.717) is 16.8 Å². The maximum atomic E-state index is 13.1. The van der Waals surface area contributed by atoms with Crippen LogP contribution in [-0.4, -0.2) is 16.8 Å². The third-order valence-corrected chi connectivity index (χ3v) is 4.47. The van der Waals surface area contributed by atoms with Crippen LogP contribution in [0.4, 0.5) is 5.69 Å². The summed E-state index contributed by atoms with van der Waals surface area (Å²) >= 11 is 0. The van der Waals surface area contributed by atoms with Crippen LogP contribution in [0.1, 0.15) is 20.7 Å². The minimum absolute atomic E-state index is 0.414. The summed E-state index contributed by atoms with van der Waals surface area (Å²) in [6.45, 7) is 0. The van der Waals surface area contributed by atoms with Crippen LogP contribution in [0.5, 0.6) is 0 Å². The SMILES string of the molecule is O=C(c1ccccc1)N(Nc1cccc2ccccc12)C(=O)c1ccccc1. The van der Waals surface area contributed by atoms with Crippen LogP contribution in [-0.2, 0) is 0 Å². The molecule has 0 aliphatic rings. The Hall–Kier alpha value is -3.92. The highest BCUT2D eigenvalue weighted by Crippen LogP contribution is 2.24. The number of rotatable bonds is 4. The van der Waals surface area contributed by atoms with Gasteiger partial charge in [-0.1, -0.05) is 72.8 Å². The molecule has 4 aromatic carbocycles. The van der Waals surface area contributed by atoms with Gasteiger partial charge in [-0.3, -0.25) is 15.0 Å². The normalized spacial score (nSPS) is 10.4. The zero-order valence-corrected chi connectivity index (χ0v) is 15.1. The molecule has 4 rings (SSSR count). The number of amides is 2. The Kier molecular flexibility index (Phi) is 4.85. The fraction of sp³-hybridized carbons (Fsp3) is 0. The number of carbonyl (C=O) groups is 2. The number of hydrogen-bond acceptors (Lipinski definition) is 3. The van der Waals surface area contributed by atoms with Crippen molar-refractivity contribution in [1.82, 2.24) is 5.01 Å². The molecule has 0 aliphatic heterocycles. The van der Waals surface area contributed by atoms with Crippen LogP contribution in [0, 0.1) is 0 Å². The number of nitrogens with zero attached hydrogens (tertiary/aromatic N) is 1. The van der Waals surface area contributed by atoms with Gasteiger partial charge in [-0.15, -0.1) is 0 Å².